The Morgan fingerprint density at radius 1 is 1.27 bits per heavy atom. The minimum atomic E-state index is -0.830. The first-order chi connectivity index (χ1) is 12.1. The number of hydrogen-bond donors (Lipinski definition) is 2. The van der Waals surface area contributed by atoms with Gasteiger partial charge in [-0.1, -0.05) is 67.0 Å². The molecule has 0 saturated carbocycles. The first-order valence-electron chi connectivity index (χ1n) is 9.49. The van der Waals surface area contributed by atoms with Gasteiger partial charge in [0.2, 0.25) is 0 Å². The average molecular weight is 358 g/mol. The Labute approximate surface area is 159 Å². The minimum absolute atomic E-state index is 0.272. The van der Waals surface area contributed by atoms with Crippen molar-refractivity contribution in [1.82, 2.24) is 5.32 Å². The van der Waals surface area contributed by atoms with Crippen LogP contribution in [-0.4, -0.2) is 23.7 Å². The van der Waals surface area contributed by atoms with E-state index in [1.54, 1.807) is 6.92 Å². The van der Waals surface area contributed by atoms with Crippen molar-refractivity contribution in [2.24, 2.45) is 5.41 Å². The van der Waals surface area contributed by atoms with Crippen molar-refractivity contribution in [3.8, 4) is 0 Å². The van der Waals surface area contributed by atoms with Gasteiger partial charge in [0.15, 0.2) is 0 Å². The summed E-state index contributed by atoms with van der Waals surface area (Å²) in [7, 11) is 0. The maximum atomic E-state index is 10.7. The van der Waals surface area contributed by atoms with E-state index in [1.807, 2.05) is 25.2 Å². The fourth-order valence-corrected chi connectivity index (χ4v) is 3.18. The van der Waals surface area contributed by atoms with Crippen LogP contribution in [0.15, 0.2) is 58.7 Å². The molecule has 3 heteroatoms. The van der Waals surface area contributed by atoms with Crippen molar-refractivity contribution >= 4 is 5.97 Å². The second kappa shape index (κ2) is 10.3. The molecule has 0 spiro atoms. The molecule has 1 rings (SSSR count). The number of allylic oxidation sites excluding steroid dienone is 9. The largest absolute Gasteiger partial charge is 0.480 e. The van der Waals surface area contributed by atoms with E-state index in [0.717, 1.165) is 5.57 Å². The number of carboxylic acids is 1. The van der Waals surface area contributed by atoms with Crippen LogP contribution < -0.4 is 5.32 Å². The molecule has 1 aliphatic carbocycles. The van der Waals surface area contributed by atoms with Crippen LogP contribution in [0.25, 0.3) is 0 Å². The fourth-order valence-electron chi connectivity index (χ4n) is 3.18. The summed E-state index contributed by atoms with van der Waals surface area (Å²) in [6, 6.07) is -0.530. The number of carboxylic acid groups (broad SMARTS) is 1. The maximum absolute atomic E-state index is 10.7. The second-order valence-corrected chi connectivity index (χ2v) is 7.95. The van der Waals surface area contributed by atoms with Crippen LogP contribution in [0.5, 0.6) is 0 Å². The molecule has 0 aromatic carbocycles. The smallest absolute Gasteiger partial charge is 0.320 e. The molecule has 1 unspecified atom stereocenters. The summed E-state index contributed by atoms with van der Waals surface area (Å²) in [5.41, 5.74) is 5.59. The zero-order chi connectivity index (χ0) is 19.7. The molecule has 0 aromatic heterocycles. The highest BCUT2D eigenvalue weighted by atomic mass is 16.4. The topological polar surface area (TPSA) is 49.3 Å². The predicted octanol–water partition coefficient (Wildman–Crippen LogP) is 5.58. The van der Waals surface area contributed by atoms with Crippen LogP contribution in [0, 0.1) is 5.41 Å². The molecule has 0 saturated heterocycles. The van der Waals surface area contributed by atoms with Crippen molar-refractivity contribution in [1.29, 1.82) is 0 Å². The Hall–Kier alpha value is -1.87. The highest BCUT2D eigenvalue weighted by Crippen LogP contribution is 2.40. The van der Waals surface area contributed by atoms with Crippen LogP contribution in [-0.2, 0) is 4.79 Å². The van der Waals surface area contributed by atoms with Gasteiger partial charge in [-0.3, -0.25) is 4.79 Å². The zero-order valence-corrected chi connectivity index (χ0v) is 17.2. The summed E-state index contributed by atoms with van der Waals surface area (Å²) < 4.78 is 0. The molecule has 0 aliphatic heterocycles. The molecule has 0 amide bonds. The molecular weight excluding hydrogens is 322 g/mol. The predicted molar refractivity (Wildman–Crippen MR) is 111 cm³/mol. The van der Waals surface area contributed by atoms with E-state index < -0.39 is 12.0 Å². The highest BCUT2D eigenvalue weighted by molar-refractivity contribution is 5.72. The molecule has 3 nitrogen and oxygen atoms in total. The summed E-state index contributed by atoms with van der Waals surface area (Å²) in [4.78, 5) is 10.7. The minimum Gasteiger partial charge on any atom is -0.480 e. The van der Waals surface area contributed by atoms with E-state index in [9.17, 15) is 4.79 Å². The zero-order valence-electron chi connectivity index (χ0n) is 17.2. The van der Waals surface area contributed by atoms with E-state index in [1.165, 1.54) is 36.0 Å². The summed E-state index contributed by atoms with van der Waals surface area (Å²) in [5, 5.41) is 11.8. The Bertz CT molecular complexity index is 645. The highest BCUT2D eigenvalue weighted by Gasteiger charge is 2.26. The molecule has 2 N–H and O–H groups in total. The van der Waals surface area contributed by atoms with E-state index >= 15 is 0 Å². The summed E-state index contributed by atoms with van der Waals surface area (Å²) in [5.74, 6) is -0.830. The lowest BCUT2D eigenvalue weighted by atomic mass is 9.72. The SMILES string of the molecule is CC1=C(/C=C/C(C)=C/C=C/C(C)=C/CNC(C)C(=O)O)C(C)(C)CCC1. The van der Waals surface area contributed by atoms with Gasteiger partial charge in [-0.05, 0) is 57.9 Å². The van der Waals surface area contributed by atoms with Gasteiger partial charge in [-0.15, -0.1) is 0 Å². The summed E-state index contributed by atoms with van der Waals surface area (Å²) in [6.45, 7) is 13.2. The Morgan fingerprint density at radius 3 is 2.58 bits per heavy atom. The van der Waals surface area contributed by atoms with Gasteiger partial charge < -0.3 is 10.4 Å². The second-order valence-electron chi connectivity index (χ2n) is 7.95. The number of nitrogens with one attached hydrogen (secondary N) is 1. The third kappa shape index (κ3) is 7.57. The van der Waals surface area contributed by atoms with Gasteiger partial charge in [0.25, 0.3) is 0 Å². The fraction of sp³-hybridized carbons (Fsp3) is 0.522. The van der Waals surface area contributed by atoms with Crippen LogP contribution in [0.1, 0.15) is 60.8 Å². The van der Waals surface area contributed by atoms with E-state index in [0.29, 0.717) is 6.54 Å². The molecule has 0 bridgehead atoms. The average Bonchev–Trinajstić information content (AvgIpc) is 2.53. The maximum Gasteiger partial charge on any atom is 0.320 e. The number of hydrogen-bond acceptors (Lipinski definition) is 2. The van der Waals surface area contributed by atoms with Crippen LogP contribution in [0.2, 0.25) is 0 Å². The quantitative estimate of drug-likeness (QED) is 0.557. The van der Waals surface area contributed by atoms with E-state index in [4.69, 9.17) is 5.11 Å². The lowest BCUT2D eigenvalue weighted by Gasteiger charge is -2.32. The molecule has 0 heterocycles. The Morgan fingerprint density at radius 2 is 1.96 bits per heavy atom. The Kier molecular flexibility index (Phi) is 8.80. The van der Waals surface area contributed by atoms with Gasteiger partial charge in [0, 0.05) is 6.54 Å². The standard InChI is InChI=1S/C23H35NO2/c1-17(12-13-21-19(3)11-8-15-23(21,5)6)9-7-10-18(2)14-16-24-20(4)22(25)26/h7,9-10,12-14,20,24H,8,11,15-16H2,1-6H3,(H,25,26)/b10-7+,13-12+,17-9+,18-14+. The normalized spacial score (nSPS) is 20.2. The molecular formula is C23H35NO2. The van der Waals surface area contributed by atoms with Gasteiger partial charge >= 0.3 is 5.97 Å². The van der Waals surface area contributed by atoms with Crippen molar-refractivity contribution in [3.63, 3.8) is 0 Å². The summed E-state index contributed by atoms with van der Waals surface area (Å²) >= 11 is 0. The van der Waals surface area contributed by atoms with Crippen LogP contribution in [0.3, 0.4) is 0 Å². The molecule has 26 heavy (non-hydrogen) atoms. The molecule has 0 aromatic rings. The first kappa shape index (κ1) is 22.2. The van der Waals surface area contributed by atoms with Crippen molar-refractivity contribution in [2.45, 2.75) is 66.8 Å². The van der Waals surface area contributed by atoms with Gasteiger partial charge in [-0.25, -0.2) is 0 Å². The molecule has 0 radical (unpaired) electrons. The van der Waals surface area contributed by atoms with Crippen LogP contribution >= 0.6 is 0 Å². The summed E-state index contributed by atoms with van der Waals surface area (Å²) in [6.07, 6.45) is 16.4. The molecule has 1 atom stereocenters. The number of rotatable bonds is 8. The molecule has 0 fully saturated rings. The monoisotopic (exact) mass is 357 g/mol. The van der Waals surface area contributed by atoms with Crippen molar-refractivity contribution < 1.29 is 9.90 Å². The van der Waals surface area contributed by atoms with Gasteiger partial charge in [0.1, 0.15) is 6.04 Å². The number of carbonyl (C=O) groups is 1. The van der Waals surface area contributed by atoms with Gasteiger partial charge in [-0.2, -0.15) is 0 Å². The third-order valence-electron chi connectivity index (χ3n) is 4.99. The van der Waals surface area contributed by atoms with E-state index in [-0.39, 0.29) is 5.41 Å². The van der Waals surface area contributed by atoms with Crippen molar-refractivity contribution in [3.05, 3.63) is 58.7 Å². The van der Waals surface area contributed by atoms with Crippen molar-refractivity contribution in [2.75, 3.05) is 6.54 Å². The number of aliphatic carboxylic acids is 1. The van der Waals surface area contributed by atoms with E-state index in [2.05, 4.69) is 51.2 Å². The Balaban J connectivity index is 2.62. The molecule has 1 aliphatic rings. The lowest BCUT2D eigenvalue weighted by Crippen LogP contribution is -2.33. The lowest BCUT2D eigenvalue weighted by molar-refractivity contribution is -0.138. The van der Waals surface area contributed by atoms with Crippen LogP contribution in [0.4, 0.5) is 0 Å². The van der Waals surface area contributed by atoms with Gasteiger partial charge in [0.05, 0.1) is 0 Å². The molecule has 144 valence electrons. The first-order valence-corrected chi connectivity index (χ1v) is 9.49. The third-order valence-corrected chi connectivity index (χ3v) is 4.99.